The third kappa shape index (κ3) is 3.20. The van der Waals surface area contributed by atoms with Gasteiger partial charge in [-0.3, -0.25) is 4.79 Å². The van der Waals surface area contributed by atoms with Crippen LogP contribution in [0.15, 0.2) is 57.4 Å². The smallest absolute Gasteiger partial charge is 0.287 e. The van der Waals surface area contributed by atoms with Crippen molar-refractivity contribution in [3.63, 3.8) is 0 Å². The first kappa shape index (κ1) is 14.8. The zero-order valence-corrected chi connectivity index (χ0v) is 13.2. The maximum absolute atomic E-state index is 13.1. The van der Waals surface area contributed by atoms with Gasteiger partial charge in [-0.15, -0.1) is 0 Å². The van der Waals surface area contributed by atoms with E-state index in [4.69, 9.17) is 4.42 Å². The first-order valence-electron chi connectivity index (χ1n) is 6.84. The molecular weight excluding hydrogens is 349 g/mol. The highest BCUT2D eigenvalue weighted by Crippen LogP contribution is 2.26. The average Bonchev–Trinajstić information content (AvgIpc) is 2.93. The predicted molar refractivity (Wildman–Crippen MR) is 86.4 cm³/mol. The van der Waals surface area contributed by atoms with E-state index < -0.39 is 0 Å². The summed E-state index contributed by atoms with van der Waals surface area (Å²) in [5.41, 5.74) is 1.49. The van der Waals surface area contributed by atoms with E-state index in [2.05, 4.69) is 21.2 Å². The van der Waals surface area contributed by atoms with Crippen LogP contribution in [0.2, 0.25) is 0 Å². The van der Waals surface area contributed by atoms with Gasteiger partial charge in [0.1, 0.15) is 11.4 Å². The molecule has 0 fully saturated rings. The minimum Gasteiger partial charge on any atom is -0.450 e. The van der Waals surface area contributed by atoms with Crippen LogP contribution in [0.5, 0.6) is 0 Å². The van der Waals surface area contributed by atoms with Gasteiger partial charge in [0.15, 0.2) is 5.76 Å². The molecule has 0 aliphatic carbocycles. The molecule has 112 valence electrons. The Morgan fingerprint density at radius 1 is 1.18 bits per heavy atom. The number of furan rings is 1. The lowest BCUT2D eigenvalue weighted by atomic mass is 10.1. The Balaban J connectivity index is 1.65. The quantitative estimate of drug-likeness (QED) is 0.752. The standard InChI is InChI=1S/C17H13BrFNO2/c18-14-6-2-4-12-10-15(22-16(12)14)17(21)20-8-7-11-3-1-5-13(19)9-11/h1-6,9-10H,7-8H2,(H,20,21). The van der Waals surface area contributed by atoms with Gasteiger partial charge in [-0.2, -0.15) is 0 Å². The first-order chi connectivity index (χ1) is 10.6. The van der Waals surface area contributed by atoms with Crippen LogP contribution >= 0.6 is 15.9 Å². The van der Waals surface area contributed by atoms with Crippen LogP contribution in [0.1, 0.15) is 16.1 Å². The van der Waals surface area contributed by atoms with Crippen LogP contribution in [0, 0.1) is 5.82 Å². The van der Waals surface area contributed by atoms with E-state index in [1.807, 2.05) is 24.3 Å². The summed E-state index contributed by atoms with van der Waals surface area (Å²) in [4.78, 5) is 12.1. The van der Waals surface area contributed by atoms with Gasteiger partial charge < -0.3 is 9.73 Å². The fraction of sp³-hybridized carbons (Fsp3) is 0.118. The predicted octanol–water partition coefficient (Wildman–Crippen LogP) is 4.31. The van der Waals surface area contributed by atoms with Gasteiger partial charge in [-0.05, 0) is 52.2 Å². The first-order valence-corrected chi connectivity index (χ1v) is 7.63. The Morgan fingerprint density at radius 3 is 2.77 bits per heavy atom. The van der Waals surface area contributed by atoms with Crippen molar-refractivity contribution in [2.75, 3.05) is 6.54 Å². The number of nitrogens with one attached hydrogen (secondary N) is 1. The summed E-state index contributed by atoms with van der Waals surface area (Å²) in [5.74, 6) is -0.286. The summed E-state index contributed by atoms with van der Waals surface area (Å²) >= 11 is 3.39. The number of para-hydroxylation sites is 1. The Kier molecular flexibility index (Phi) is 4.24. The van der Waals surface area contributed by atoms with Crippen molar-refractivity contribution in [2.45, 2.75) is 6.42 Å². The molecule has 0 bridgehead atoms. The summed E-state index contributed by atoms with van der Waals surface area (Å²) in [6.07, 6.45) is 0.563. The number of hydrogen-bond acceptors (Lipinski definition) is 2. The van der Waals surface area contributed by atoms with Gasteiger partial charge in [0.2, 0.25) is 0 Å². The number of amides is 1. The van der Waals surface area contributed by atoms with E-state index in [0.717, 1.165) is 15.4 Å². The van der Waals surface area contributed by atoms with Gasteiger partial charge >= 0.3 is 0 Å². The molecule has 5 heteroatoms. The average molecular weight is 362 g/mol. The maximum Gasteiger partial charge on any atom is 0.287 e. The van der Waals surface area contributed by atoms with Crippen molar-refractivity contribution in [1.82, 2.24) is 5.32 Å². The number of hydrogen-bond donors (Lipinski definition) is 1. The van der Waals surface area contributed by atoms with E-state index in [1.54, 1.807) is 12.1 Å². The molecule has 1 N–H and O–H groups in total. The van der Waals surface area contributed by atoms with Crippen molar-refractivity contribution in [2.24, 2.45) is 0 Å². The molecule has 1 heterocycles. The number of benzene rings is 2. The molecule has 0 spiro atoms. The highest BCUT2D eigenvalue weighted by atomic mass is 79.9. The zero-order chi connectivity index (χ0) is 15.5. The van der Waals surface area contributed by atoms with Crippen molar-refractivity contribution < 1.29 is 13.6 Å². The number of carbonyl (C=O) groups is 1. The molecule has 3 aromatic rings. The summed E-state index contributed by atoms with van der Waals surface area (Å²) in [6, 6.07) is 13.7. The van der Waals surface area contributed by atoms with Crippen molar-refractivity contribution in [3.8, 4) is 0 Å². The van der Waals surface area contributed by atoms with Crippen molar-refractivity contribution >= 4 is 32.8 Å². The van der Waals surface area contributed by atoms with Gasteiger partial charge in [-0.1, -0.05) is 24.3 Å². The van der Waals surface area contributed by atoms with E-state index in [1.165, 1.54) is 12.1 Å². The van der Waals surface area contributed by atoms with Crippen LogP contribution in [0.25, 0.3) is 11.0 Å². The second-order valence-electron chi connectivity index (χ2n) is 4.90. The molecule has 0 unspecified atom stereocenters. The molecule has 0 saturated heterocycles. The molecule has 1 amide bonds. The molecule has 1 aromatic heterocycles. The molecule has 0 atom stereocenters. The molecule has 3 rings (SSSR count). The van der Waals surface area contributed by atoms with E-state index in [0.29, 0.717) is 18.5 Å². The van der Waals surface area contributed by atoms with E-state index in [-0.39, 0.29) is 17.5 Å². The second kappa shape index (κ2) is 6.32. The molecule has 0 aliphatic heterocycles. The number of fused-ring (bicyclic) bond motifs is 1. The summed E-state index contributed by atoms with van der Waals surface area (Å²) in [6.45, 7) is 0.417. The molecular formula is C17H13BrFNO2. The summed E-state index contributed by atoms with van der Waals surface area (Å²) in [7, 11) is 0. The Hall–Kier alpha value is -2.14. The Morgan fingerprint density at radius 2 is 2.00 bits per heavy atom. The fourth-order valence-corrected chi connectivity index (χ4v) is 2.70. The molecule has 22 heavy (non-hydrogen) atoms. The summed E-state index contributed by atoms with van der Waals surface area (Å²) < 4.78 is 19.4. The highest BCUT2D eigenvalue weighted by molar-refractivity contribution is 9.10. The van der Waals surface area contributed by atoms with Crippen molar-refractivity contribution in [3.05, 3.63) is 70.1 Å². The zero-order valence-electron chi connectivity index (χ0n) is 11.6. The minimum atomic E-state index is -0.278. The van der Waals surface area contributed by atoms with Crippen molar-refractivity contribution in [1.29, 1.82) is 0 Å². The van der Waals surface area contributed by atoms with Crippen LogP contribution in [0.3, 0.4) is 0 Å². The lowest BCUT2D eigenvalue weighted by Gasteiger charge is -2.03. The largest absolute Gasteiger partial charge is 0.450 e. The topological polar surface area (TPSA) is 42.2 Å². The summed E-state index contributed by atoms with van der Waals surface area (Å²) in [5, 5.41) is 3.64. The lowest BCUT2D eigenvalue weighted by molar-refractivity contribution is 0.0928. The molecule has 3 nitrogen and oxygen atoms in total. The van der Waals surface area contributed by atoms with Crippen LogP contribution in [0.4, 0.5) is 4.39 Å². The SMILES string of the molecule is O=C(NCCc1cccc(F)c1)c1cc2cccc(Br)c2o1. The van der Waals surface area contributed by atoms with Crippen LogP contribution in [-0.2, 0) is 6.42 Å². The van der Waals surface area contributed by atoms with Gasteiger partial charge in [0.25, 0.3) is 5.91 Å². The third-order valence-corrected chi connectivity index (χ3v) is 3.93. The number of rotatable bonds is 4. The lowest BCUT2D eigenvalue weighted by Crippen LogP contribution is -2.25. The van der Waals surface area contributed by atoms with Gasteiger partial charge in [-0.25, -0.2) is 4.39 Å². The number of halogens is 2. The minimum absolute atomic E-state index is 0.265. The normalized spacial score (nSPS) is 10.8. The van der Waals surface area contributed by atoms with Gasteiger partial charge in [0.05, 0.1) is 4.47 Å². The molecule has 0 aliphatic rings. The van der Waals surface area contributed by atoms with Crippen LogP contribution < -0.4 is 5.32 Å². The molecule has 0 radical (unpaired) electrons. The van der Waals surface area contributed by atoms with E-state index >= 15 is 0 Å². The second-order valence-corrected chi connectivity index (χ2v) is 5.76. The molecule has 2 aromatic carbocycles. The fourth-order valence-electron chi connectivity index (χ4n) is 2.24. The van der Waals surface area contributed by atoms with Crippen LogP contribution in [-0.4, -0.2) is 12.5 Å². The Bertz CT molecular complexity index is 828. The monoisotopic (exact) mass is 361 g/mol. The maximum atomic E-state index is 13.1. The van der Waals surface area contributed by atoms with E-state index in [9.17, 15) is 9.18 Å². The Labute approximate surface area is 135 Å². The highest BCUT2D eigenvalue weighted by Gasteiger charge is 2.13. The van der Waals surface area contributed by atoms with Gasteiger partial charge in [0, 0.05) is 11.9 Å². The molecule has 0 saturated carbocycles. The number of carbonyl (C=O) groups excluding carboxylic acids is 1. The third-order valence-electron chi connectivity index (χ3n) is 3.31.